The van der Waals surface area contributed by atoms with E-state index in [-0.39, 0.29) is 0 Å². The minimum Gasteiger partial charge on any atom is -0.381 e. The van der Waals surface area contributed by atoms with Gasteiger partial charge in [-0.3, -0.25) is 0 Å². The van der Waals surface area contributed by atoms with Crippen LogP contribution in [0.5, 0.6) is 0 Å². The average molecular weight is 169 g/mol. The van der Waals surface area contributed by atoms with Crippen LogP contribution < -0.4 is 0 Å². The lowest BCUT2D eigenvalue weighted by molar-refractivity contribution is 0.107. The molecule has 0 aliphatic rings. The van der Waals surface area contributed by atoms with Gasteiger partial charge in [0.25, 0.3) is 0 Å². The molecule has 2 nitrogen and oxygen atoms in total. The van der Waals surface area contributed by atoms with Gasteiger partial charge < -0.3 is 4.74 Å². The second-order valence-electron chi connectivity index (χ2n) is 4.18. The van der Waals surface area contributed by atoms with Crippen molar-refractivity contribution < 1.29 is 4.74 Å². The van der Waals surface area contributed by atoms with Crippen LogP contribution in [-0.2, 0) is 4.74 Å². The van der Waals surface area contributed by atoms with Gasteiger partial charge in [-0.15, -0.1) is 0 Å². The van der Waals surface area contributed by atoms with Gasteiger partial charge in [0.2, 0.25) is 0 Å². The first-order chi connectivity index (χ1) is 5.56. The summed E-state index contributed by atoms with van der Waals surface area (Å²) in [7, 11) is 0. The Kier molecular flexibility index (Phi) is 5.74. The van der Waals surface area contributed by atoms with Crippen molar-refractivity contribution in [1.29, 1.82) is 5.26 Å². The molecule has 0 fully saturated rings. The lowest BCUT2D eigenvalue weighted by Crippen LogP contribution is -2.09. The number of nitriles is 1. The van der Waals surface area contributed by atoms with Crippen LogP contribution in [0.25, 0.3) is 0 Å². The summed E-state index contributed by atoms with van der Waals surface area (Å²) in [6, 6.07) is 2.09. The highest BCUT2D eigenvalue weighted by atomic mass is 16.5. The van der Waals surface area contributed by atoms with Crippen molar-refractivity contribution in [3.63, 3.8) is 0 Å². The lowest BCUT2D eigenvalue weighted by Gasteiger charge is -2.17. The number of hydrogen-bond acceptors (Lipinski definition) is 2. The van der Waals surface area contributed by atoms with E-state index in [9.17, 15) is 0 Å². The topological polar surface area (TPSA) is 33.0 Å². The highest BCUT2D eigenvalue weighted by Crippen LogP contribution is 2.17. The summed E-state index contributed by atoms with van der Waals surface area (Å²) in [6.07, 6.45) is 2.55. The summed E-state index contributed by atoms with van der Waals surface area (Å²) in [5, 5.41) is 8.25. The molecule has 0 spiro atoms. The van der Waals surface area contributed by atoms with Gasteiger partial charge in [-0.25, -0.2) is 0 Å². The molecule has 0 bridgehead atoms. The molecule has 12 heavy (non-hydrogen) atoms. The van der Waals surface area contributed by atoms with Crippen molar-refractivity contribution in [2.75, 3.05) is 13.2 Å². The van der Waals surface area contributed by atoms with E-state index >= 15 is 0 Å². The van der Waals surface area contributed by atoms with Gasteiger partial charge >= 0.3 is 0 Å². The Morgan fingerprint density at radius 1 is 1.25 bits per heavy atom. The number of unbranched alkanes of at least 4 members (excludes halogenated alkanes) is 1. The molecule has 0 radical (unpaired) electrons. The van der Waals surface area contributed by atoms with Crippen LogP contribution in [0.15, 0.2) is 0 Å². The molecule has 0 aliphatic heterocycles. The van der Waals surface area contributed by atoms with Crippen LogP contribution in [0.1, 0.15) is 40.0 Å². The van der Waals surface area contributed by atoms with Gasteiger partial charge in [0.15, 0.2) is 0 Å². The first-order valence-corrected chi connectivity index (χ1v) is 4.51. The molecule has 0 unspecified atom stereocenters. The normalized spacial score (nSPS) is 11.2. The third-order valence-electron chi connectivity index (χ3n) is 1.57. The maximum absolute atomic E-state index is 8.25. The fourth-order valence-electron chi connectivity index (χ4n) is 0.734. The number of hydrogen-bond donors (Lipinski definition) is 0. The molecule has 0 aromatic carbocycles. The molecule has 0 amide bonds. The van der Waals surface area contributed by atoms with E-state index < -0.39 is 0 Å². The molecule has 0 aromatic heterocycles. The Morgan fingerprint density at radius 2 is 1.92 bits per heavy atom. The molecule has 0 aromatic rings. The summed E-state index contributed by atoms with van der Waals surface area (Å²) < 4.78 is 5.36. The van der Waals surface area contributed by atoms with Crippen LogP contribution in [0.4, 0.5) is 0 Å². The van der Waals surface area contributed by atoms with Gasteiger partial charge in [0, 0.05) is 19.6 Å². The maximum atomic E-state index is 8.25. The molecule has 0 N–H and O–H groups in total. The van der Waals surface area contributed by atoms with E-state index in [1.54, 1.807) is 0 Å². The van der Waals surface area contributed by atoms with Gasteiger partial charge in [-0.2, -0.15) is 5.26 Å². The van der Waals surface area contributed by atoms with Gasteiger partial charge in [-0.05, 0) is 18.3 Å². The third kappa shape index (κ3) is 9.45. The van der Waals surface area contributed by atoms with Gasteiger partial charge in [0.05, 0.1) is 6.07 Å². The van der Waals surface area contributed by atoms with Crippen molar-refractivity contribution in [2.45, 2.75) is 40.0 Å². The largest absolute Gasteiger partial charge is 0.381 e. The zero-order chi connectivity index (χ0) is 9.45. The summed E-state index contributed by atoms with van der Waals surface area (Å²) in [4.78, 5) is 0. The van der Waals surface area contributed by atoms with E-state index in [0.717, 1.165) is 26.1 Å². The van der Waals surface area contributed by atoms with Crippen molar-refractivity contribution in [1.82, 2.24) is 0 Å². The predicted molar refractivity (Wildman–Crippen MR) is 49.7 cm³/mol. The quantitative estimate of drug-likeness (QED) is 0.593. The fourth-order valence-corrected chi connectivity index (χ4v) is 0.734. The summed E-state index contributed by atoms with van der Waals surface area (Å²) in [5.41, 5.74) is 0.356. The van der Waals surface area contributed by atoms with E-state index in [2.05, 4.69) is 26.8 Å². The Bertz CT molecular complexity index is 141. The minimum atomic E-state index is 0.356. The zero-order valence-electron chi connectivity index (χ0n) is 8.39. The molecule has 0 rings (SSSR count). The van der Waals surface area contributed by atoms with Crippen LogP contribution >= 0.6 is 0 Å². The Morgan fingerprint density at radius 3 is 2.42 bits per heavy atom. The molecule has 0 saturated heterocycles. The summed E-state index contributed by atoms with van der Waals surface area (Å²) in [5.74, 6) is 0. The van der Waals surface area contributed by atoms with Crippen molar-refractivity contribution >= 4 is 0 Å². The average Bonchev–Trinajstić information content (AvgIpc) is 1.94. The molecule has 0 saturated carbocycles. The van der Waals surface area contributed by atoms with Crippen molar-refractivity contribution in [2.24, 2.45) is 5.41 Å². The van der Waals surface area contributed by atoms with Crippen LogP contribution in [0, 0.1) is 16.7 Å². The first kappa shape index (κ1) is 11.4. The smallest absolute Gasteiger partial charge is 0.0622 e. The monoisotopic (exact) mass is 169 g/mol. The van der Waals surface area contributed by atoms with Crippen molar-refractivity contribution in [3.8, 4) is 6.07 Å². The molecule has 0 atom stereocenters. The second kappa shape index (κ2) is 6.02. The minimum absolute atomic E-state index is 0.356. The third-order valence-corrected chi connectivity index (χ3v) is 1.57. The standard InChI is InChI=1S/C10H19NO/c1-10(2,3)6-9-12-8-5-4-7-11/h4-6,8-9H2,1-3H3. The molecule has 70 valence electrons. The highest BCUT2D eigenvalue weighted by molar-refractivity contribution is 4.67. The fraction of sp³-hybridized carbons (Fsp3) is 0.900. The van der Waals surface area contributed by atoms with E-state index in [4.69, 9.17) is 10.00 Å². The molecular formula is C10H19NO. The molecular weight excluding hydrogens is 150 g/mol. The van der Waals surface area contributed by atoms with Gasteiger partial charge in [0.1, 0.15) is 0 Å². The molecule has 2 heteroatoms. The summed E-state index contributed by atoms with van der Waals surface area (Å²) >= 11 is 0. The van der Waals surface area contributed by atoms with Crippen molar-refractivity contribution in [3.05, 3.63) is 0 Å². The van der Waals surface area contributed by atoms with E-state index in [0.29, 0.717) is 11.8 Å². The Hall–Kier alpha value is -0.550. The first-order valence-electron chi connectivity index (χ1n) is 4.51. The van der Waals surface area contributed by atoms with E-state index in [1.807, 2.05) is 0 Å². The Labute approximate surface area is 75.5 Å². The predicted octanol–water partition coefficient (Wildman–Crippen LogP) is 2.74. The van der Waals surface area contributed by atoms with Crippen LogP contribution in [0.2, 0.25) is 0 Å². The maximum Gasteiger partial charge on any atom is 0.0622 e. The summed E-state index contributed by atoms with van der Waals surface area (Å²) in [6.45, 7) is 8.14. The SMILES string of the molecule is CC(C)(C)CCOCCCC#N. The van der Waals surface area contributed by atoms with Crippen LogP contribution in [-0.4, -0.2) is 13.2 Å². The second-order valence-corrected chi connectivity index (χ2v) is 4.18. The molecule has 0 aliphatic carbocycles. The Balaban J connectivity index is 3.07. The number of nitrogens with zero attached hydrogens (tertiary/aromatic N) is 1. The zero-order valence-corrected chi connectivity index (χ0v) is 8.39. The highest BCUT2D eigenvalue weighted by Gasteiger charge is 2.08. The molecule has 0 heterocycles. The van der Waals surface area contributed by atoms with Gasteiger partial charge in [-0.1, -0.05) is 20.8 Å². The van der Waals surface area contributed by atoms with Crippen LogP contribution in [0.3, 0.4) is 0 Å². The number of rotatable bonds is 5. The number of ether oxygens (including phenoxy) is 1. The van der Waals surface area contributed by atoms with E-state index in [1.165, 1.54) is 0 Å². The lowest BCUT2D eigenvalue weighted by atomic mass is 9.93.